The Labute approximate surface area is 177 Å². The number of pyridine rings is 1. The lowest BCUT2D eigenvalue weighted by Crippen LogP contribution is -2.42. The Bertz CT molecular complexity index is 1310. The molecule has 0 fully saturated rings. The number of amides is 2. The number of fused-ring (bicyclic) bond motifs is 1. The predicted molar refractivity (Wildman–Crippen MR) is 114 cm³/mol. The molecule has 0 saturated heterocycles. The predicted octanol–water partition coefficient (Wildman–Crippen LogP) is 2.79. The van der Waals surface area contributed by atoms with E-state index in [1.54, 1.807) is 37.4 Å². The van der Waals surface area contributed by atoms with E-state index in [2.05, 4.69) is 10.9 Å². The van der Waals surface area contributed by atoms with Crippen LogP contribution in [0.25, 0.3) is 10.9 Å². The maximum Gasteiger partial charge on any atom is 0.305 e. The van der Waals surface area contributed by atoms with Gasteiger partial charge in [-0.1, -0.05) is 36.4 Å². The number of hydrazine groups is 1. The number of rotatable bonds is 5. The SMILES string of the molecule is Cn1c(=O)cc(C(=O)NNC(=O)c2ccc(COc3ccccc3)o2)c2ccccc21. The molecule has 4 aromatic rings. The fourth-order valence-electron chi connectivity index (χ4n) is 3.09. The van der Waals surface area contributed by atoms with Crippen molar-refractivity contribution < 1.29 is 18.7 Å². The van der Waals surface area contributed by atoms with E-state index in [1.165, 1.54) is 16.7 Å². The maximum absolute atomic E-state index is 12.6. The number of benzene rings is 2. The summed E-state index contributed by atoms with van der Waals surface area (Å²) in [6, 6.07) is 20.6. The number of furan rings is 1. The molecule has 0 bridgehead atoms. The zero-order valence-electron chi connectivity index (χ0n) is 16.6. The smallest absolute Gasteiger partial charge is 0.305 e. The van der Waals surface area contributed by atoms with Crippen molar-refractivity contribution in [3.05, 3.63) is 100 Å². The molecule has 2 aromatic carbocycles. The van der Waals surface area contributed by atoms with Gasteiger partial charge in [0.05, 0.1) is 11.1 Å². The second-order valence-electron chi connectivity index (χ2n) is 6.75. The molecule has 2 N–H and O–H groups in total. The molecular weight excluding hydrogens is 398 g/mol. The Kier molecular flexibility index (Phi) is 5.53. The maximum atomic E-state index is 12.6. The fraction of sp³-hybridized carbons (Fsp3) is 0.0870. The van der Waals surface area contributed by atoms with Crippen molar-refractivity contribution in [2.24, 2.45) is 7.05 Å². The molecule has 0 saturated carbocycles. The molecular formula is C23H19N3O5. The highest BCUT2D eigenvalue weighted by atomic mass is 16.5. The average molecular weight is 417 g/mol. The summed E-state index contributed by atoms with van der Waals surface area (Å²) >= 11 is 0. The molecule has 0 aliphatic carbocycles. The van der Waals surface area contributed by atoms with Crippen LogP contribution in [0.15, 0.2) is 82.0 Å². The van der Waals surface area contributed by atoms with E-state index < -0.39 is 11.8 Å². The topological polar surface area (TPSA) is 103 Å². The third-order valence-corrected chi connectivity index (χ3v) is 4.70. The van der Waals surface area contributed by atoms with Crippen LogP contribution in [0.1, 0.15) is 26.7 Å². The number of aryl methyl sites for hydroxylation is 1. The fourth-order valence-corrected chi connectivity index (χ4v) is 3.09. The second kappa shape index (κ2) is 8.58. The van der Waals surface area contributed by atoms with E-state index in [9.17, 15) is 14.4 Å². The van der Waals surface area contributed by atoms with Crippen LogP contribution in [0.5, 0.6) is 5.75 Å². The monoisotopic (exact) mass is 417 g/mol. The molecule has 8 nitrogen and oxygen atoms in total. The molecule has 2 heterocycles. The number of ether oxygens (including phenoxy) is 1. The summed E-state index contributed by atoms with van der Waals surface area (Å²) in [6.07, 6.45) is 0. The lowest BCUT2D eigenvalue weighted by molar-refractivity contribution is 0.0829. The highest BCUT2D eigenvalue weighted by Gasteiger charge is 2.16. The summed E-state index contributed by atoms with van der Waals surface area (Å²) in [4.78, 5) is 37.1. The summed E-state index contributed by atoms with van der Waals surface area (Å²) in [5, 5.41) is 0.592. The largest absolute Gasteiger partial charge is 0.486 e. The average Bonchev–Trinajstić information content (AvgIpc) is 3.28. The van der Waals surface area contributed by atoms with Gasteiger partial charge in [-0.15, -0.1) is 0 Å². The summed E-state index contributed by atoms with van der Waals surface area (Å²) < 4.78 is 12.5. The lowest BCUT2D eigenvalue weighted by atomic mass is 10.1. The minimum atomic E-state index is -0.632. The van der Waals surface area contributed by atoms with Crippen LogP contribution < -0.4 is 21.1 Å². The summed E-state index contributed by atoms with van der Waals surface area (Å²) in [5.41, 5.74) is 5.07. The highest BCUT2D eigenvalue weighted by molar-refractivity contribution is 6.07. The van der Waals surface area contributed by atoms with Crippen molar-refractivity contribution in [2.75, 3.05) is 0 Å². The Hall–Kier alpha value is -4.33. The molecule has 0 radical (unpaired) electrons. The van der Waals surface area contributed by atoms with Crippen LogP contribution in [0, 0.1) is 0 Å². The molecule has 31 heavy (non-hydrogen) atoms. The Balaban J connectivity index is 1.41. The zero-order chi connectivity index (χ0) is 21.8. The van der Waals surface area contributed by atoms with Crippen LogP contribution in [-0.2, 0) is 13.7 Å². The number of hydrogen-bond acceptors (Lipinski definition) is 5. The minimum absolute atomic E-state index is 0.0146. The van der Waals surface area contributed by atoms with E-state index in [0.29, 0.717) is 22.4 Å². The van der Waals surface area contributed by atoms with Gasteiger partial charge in [0.15, 0.2) is 5.76 Å². The van der Waals surface area contributed by atoms with Gasteiger partial charge in [0.1, 0.15) is 18.1 Å². The highest BCUT2D eigenvalue weighted by Crippen LogP contribution is 2.16. The number of para-hydroxylation sites is 2. The van der Waals surface area contributed by atoms with Crippen molar-refractivity contribution in [2.45, 2.75) is 6.61 Å². The second-order valence-corrected chi connectivity index (χ2v) is 6.75. The van der Waals surface area contributed by atoms with Gasteiger partial charge >= 0.3 is 5.91 Å². The minimum Gasteiger partial charge on any atom is -0.486 e. The number of carbonyl (C=O) groups is 2. The molecule has 0 aliphatic rings. The van der Waals surface area contributed by atoms with Gasteiger partial charge in [-0.05, 0) is 30.3 Å². The third-order valence-electron chi connectivity index (χ3n) is 4.70. The summed E-state index contributed by atoms with van der Waals surface area (Å²) in [6.45, 7) is 0.156. The first-order chi connectivity index (χ1) is 15.0. The van der Waals surface area contributed by atoms with Gasteiger partial charge in [-0.3, -0.25) is 25.2 Å². The quantitative estimate of drug-likeness (QED) is 0.486. The summed E-state index contributed by atoms with van der Waals surface area (Å²) in [7, 11) is 1.63. The molecule has 156 valence electrons. The molecule has 2 amide bonds. The van der Waals surface area contributed by atoms with Crippen LogP contribution >= 0.6 is 0 Å². The molecule has 0 atom stereocenters. The van der Waals surface area contributed by atoms with Crippen molar-refractivity contribution in [1.82, 2.24) is 15.4 Å². The molecule has 0 unspecified atom stereocenters. The van der Waals surface area contributed by atoms with Crippen LogP contribution in [-0.4, -0.2) is 16.4 Å². The number of carbonyl (C=O) groups excluding carboxylic acids is 2. The van der Waals surface area contributed by atoms with E-state index in [1.807, 2.05) is 30.3 Å². The van der Waals surface area contributed by atoms with E-state index in [0.717, 1.165) is 0 Å². The van der Waals surface area contributed by atoms with Gasteiger partial charge in [0.25, 0.3) is 11.5 Å². The summed E-state index contributed by atoms with van der Waals surface area (Å²) in [5.74, 6) is -0.0917. The molecule has 4 rings (SSSR count). The number of aromatic nitrogens is 1. The normalized spacial score (nSPS) is 10.6. The third kappa shape index (κ3) is 4.32. The number of nitrogens with zero attached hydrogens (tertiary/aromatic N) is 1. The van der Waals surface area contributed by atoms with Gasteiger partial charge in [0.2, 0.25) is 0 Å². The molecule has 0 spiro atoms. The lowest BCUT2D eigenvalue weighted by Gasteiger charge is -2.10. The number of hydrogen-bond donors (Lipinski definition) is 2. The first-order valence-electron chi connectivity index (χ1n) is 9.49. The Morgan fingerprint density at radius 1 is 0.935 bits per heavy atom. The van der Waals surface area contributed by atoms with Crippen LogP contribution in [0.4, 0.5) is 0 Å². The number of nitrogens with one attached hydrogen (secondary N) is 2. The first kappa shape index (κ1) is 20.0. The van der Waals surface area contributed by atoms with E-state index in [-0.39, 0.29) is 23.5 Å². The molecule has 0 aliphatic heterocycles. The zero-order valence-corrected chi connectivity index (χ0v) is 16.6. The molecule has 2 aromatic heterocycles. The standard InChI is InChI=1S/C23H19N3O5/c1-26-19-10-6-5-9-17(19)18(13-21(26)27)22(28)24-25-23(29)20-12-11-16(31-20)14-30-15-7-3-2-4-8-15/h2-13H,14H2,1H3,(H,24,28)(H,25,29). The van der Waals surface area contributed by atoms with Crippen molar-refractivity contribution in [3.63, 3.8) is 0 Å². The Morgan fingerprint density at radius 3 is 2.45 bits per heavy atom. The van der Waals surface area contributed by atoms with Gasteiger partial charge in [-0.2, -0.15) is 0 Å². The van der Waals surface area contributed by atoms with Crippen molar-refractivity contribution in [3.8, 4) is 5.75 Å². The van der Waals surface area contributed by atoms with Gasteiger partial charge < -0.3 is 13.7 Å². The van der Waals surface area contributed by atoms with Gasteiger partial charge in [0, 0.05) is 18.5 Å². The Morgan fingerprint density at radius 2 is 1.65 bits per heavy atom. The van der Waals surface area contributed by atoms with Gasteiger partial charge in [-0.25, -0.2) is 0 Å². The van der Waals surface area contributed by atoms with E-state index in [4.69, 9.17) is 9.15 Å². The molecule has 8 heteroatoms. The first-order valence-corrected chi connectivity index (χ1v) is 9.49. The van der Waals surface area contributed by atoms with E-state index >= 15 is 0 Å². The van der Waals surface area contributed by atoms with Crippen LogP contribution in [0.2, 0.25) is 0 Å². The van der Waals surface area contributed by atoms with Crippen LogP contribution in [0.3, 0.4) is 0 Å². The van der Waals surface area contributed by atoms with Crippen molar-refractivity contribution >= 4 is 22.7 Å². The van der Waals surface area contributed by atoms with Crippen molar-refractivity contribution in [1.29, 1.82) is 0 Å².